The molecule has 2 aromatic heterocycles. The van der Waals surface area contributed by atoms with E-state index in [1.807, 2.05) is 4.90 Å². The Morgan fingerprint density at radius 2 is 1.94 bits per heavy atom. The van der Waals surface area contributed by atoms with E-state index in [0.29, 0.717) is 49.9 Å². The third-order valence-corrected chi connectivity index (χ3v) is 5.82. The molecule has 2 aliphatic rings. The van der Waals surface area contributed by atoms with Crippen LogP contribution >= 0.6 is 0 Å². The van der Waals surface area contributed by atoms with Crippen molar-refractivity contribution in [1.82, 2.24) is 29.7 Å². The third-order valence-electron chi connectivity index (χ3n) is 5.82. The molecule has 1 aromatic carbocycles. The highest BCUT2D eigenvalue weighted by Gasteiger charge is 2.33. The number of nitrogens with two attached hydrogens (primary N) is 1. The Morgan fingerprint density at radius 3 is 2.68 bits per heavy atom. The molecule has 1 fully saturated rings. The van der Waals surface area contributed by atoms with E-state index in [4.69, 9.17) is 5.73 Å². The van der Waals surface area contributed by atoms with Crippen LogP contribution in [0.5, 0.6) is 0 Å². The zero-order valence-electron chi connectivity index (χ0n) is 18.2. The summed E-state index contributed by atoms with van der Waals surface area (Å²) < 4.78 is 15.1. The molecule has 174 valence electrons. The van der Waals surface area contributed by atoms with Crippen molar-refractivity contribution in [3.63, 3.8) is 0 Å². The Labute approximate surface area is 194 Å². The van der Waals surface area contributed by atoms with Crippen molar-refractivity contribution in [2.45, 2.75) is 12.5 Å². The Morgan fingerprint density at radius 1 is 1.12 bits per heavy atom. The van der Waals surface area contributed by atoms with Gasteiger partial charge in [-0.25, -0.2) is 23.9 Å². The zero-order valence-corrected chi connectivity index (χ0v) is 18.2. The summed E-state index contributed by atoms with van der Waals surface area (Å²) in [6.07, 6.45) is 6.73. The molecular formula is C22H22FN9O2. The van der Waals surface area contributed by atoms with Crippen molar-refractivity contribution >= 4 is 24.1 Å². The first-order valence-corrected chi connectivity index (χ1v) is 10.8. The number of amides is 3. The number of urea groups is 1. The lowest BCUT2D eigenvalue weighted by atomic mass is 10.0. The van der Waals surface area contributed by atoms with Crippen LogP contribution in [0.3, 0.4) is 0 Å². The number of carbonyl (C=O) groups is 2. The third kappa shape index (κ3) is 4.17. The van der Waals surface area contributed by atoms with Gasteiger partial charge in [0.15, 0.2) is 5.82 Å². The number of benzene rings is 1. The fraction of sp³-hybridized carbons (Fsp3) is 0.273. The largest absolute Gasteiger partial charge is 0.366 e. The Balaban J connectivity index is 1.24. The number of piperazine rings is 1. The first-order chi connectivity index (χ1) is 16.5. The van der Waals surface area contributed by atoms with Crippen LogP contribution in [0, 0.1) is 5.82 Å². The van der Waals surface area contributed by atoms with Crippen LogP contribution in [0.2, 0.25) is 0 Å². The summed E-state index contributed by atoms with van der Waals surface area (Å²) in [4.78, 5) is 37.1. The molecule has 5 rings (SSSR count). The van der Waals surface area contributed by atoms with Gasteiger partial charge in [-0.05, 0) is 17.7 Å². The van der Waals surface area contributed by atoms with E-state index >= 15 is 0 Å². The second kappa shape index (κ2) is 8.89. The first-order valence-electron chi connectivity index (χ1n) is 10.8. The van der Waals surface area contributed by atoms with Crippen molar-refractivity contribution in [2.24, 2.45) is 10.8 Å². The highest BCUT2D eigenvalue weighted by molar-refractivity contribution is 5.92. The quantitative estimate of drug-likeness (QED) is 0.626. The highest BCUT2D eigenvalue weighted by atomic mass is 19.1. The number of aromatic nitrogens is 4. The summed E-state index contributed by atoms with van der Waals surface area (Å²) in [5, 5.41) is 9.80. The van der Waals surface area contributed by atoms with Crippen molar-refractivity contribution in [1.29, 1.82) is 0 Å². The second-order valence-electron chi connectivity index (χ2n) is 7.96. The van der Waals surface area contributed by atoms with Crippen LogP contribution in [-0.4, -0.2) is 74.0 Å². The predicted molar refractivity (Wildman–Crippen MR) is 121 cm³/mol. The van der Waals surface area contributed by atoms with E-state index in [0.717, 1.165) is 0 Å². The molecule has 4 heterocycles. The summed E-state index contributed by atoms with van der Waals surface area (Å²) in [5.74, 6) is 0.0924. The smallest absolute Gasteiger partial charge is 0.341 e. The molecule has 0 saturated carbocycles. The lowest BCUT2D eigenvalue weighted by Gasteiger charge is -2.37. The van der Waals surface area contributed by atoms with Crippen LogP contribution in [0.4, 0.5) is 15.1 Å². The maximum absolute atomic E-state index is 13.7. The number of hydrogen-bond donors (Lipinski definition) is 1. The van der Waals surface area contributed by atoms with Gasteiger partial charge in [-0.2, -0.15) is 15.2 Å². The molecule has 2 N–H and O–H groups in total. The van der Waals surface area contributed by atoms with E-state index in [2.05, 4.69) is 20.2 Å². The molecule has 0 spiro atoms. The summed E-state index contributed by atoms with van der Waals surface area (Å²) >= 11 is 0. The van der Waals surface area contributed by atoms with Gasteiger partial charge in [0, 0.05) is 57.3 Å². The average Bonchev–Trinajstić information content (AvgIpc) is 3.54. The van der Waals surface area contributed by atoms with Gasteiger partial charge in [-0.1, -0.05) is 12.1 Å². The molecule has 34 heavy (non-hydrogen) atoms. The molecule has 1 atom stereocenters. The normalized spacial score (nSPS) is 17.9. The Kier molecular flexibility index (Phi) is 5.62. The number of anilines is 1. The van der Waals surface area contributed by atoms with E-state index < -0.39 is 5.91 Å². The van der Waals surface area contributed by atoms with Gasteiger partial charge in [0.1, 0.15) is 5.82 Å². The van der Waals surface area contributed by atoms with E-state index in [1.165, 1.54) is 34.2 Å². The minimum absolute atomic E-state index is 0.215. The minimum atomic E-state index is -0.566. The van der Waals surface area contributed by atoms with Crippen LogP contribution in [0.15, 0.2) is 54.0 Å². The molecule has 1 saturated heterocycles. The van der Waals surface area contributed by atoms with E-state index in [-0.39, 0.29) is 23.5 Å². The SMILES string of the molecule is NC(=O)c1cnn(-c2ccnc(N3CCN(C(=O)N4N=CC[C@H]4c4cccc(F)c4)CC3)n2)c1. The van der Waals surface area contributed by atoms with Crippen LogP contribution < -0.4 is 10.6 Å². The minimum Gasteiger partial charge on any atom is -0.366 e. The number of hydrogen-bond acceptors (Lipinski definition) is 7. The average molecular weight is 463 g/mol. The van der Waals surface area contributed by atoms with Gasteiger partial charge in [-0.3, -0.25) is 4.79 Å². The predicted octanol–water partition coefficient (Wildman–Crippen LogP) is 1.58. The van der Waals surface area contributed by atoms with Gasteiger partial charge in [0.25, 0.3) is 5.91 Å². The van der Waals surface area contributed by atoms with E-state index in [1.54, 1.807) is 35.5 Å². The molecule has 0 bridgehead atoms. The Hall–Kier alpha value is -4.35. The molecule has 0 aliphatic carbocycles. The summed E-state index contributed by atoms with van der Waals surface area (Å²) in [7, 11) is 0. The zero-order chi connectivity index (χ0) is 23.7. The van der Waals surface area contributed by atoms with Gasteiger partial charge in [-0.15, -0.1) is 0 Å². The maximum atomic E-state index is 13.7. The summed E-state index contributed by atoms with van der Waals surface area (Å²) in [6, 6.07) is 7.40. The fourth-order valence-electron chi connectivity index (χ4n) is 4.03. The molecule has 0 unspecified atom stereocenters. The number of carbonyl (C=O) groups excluding carboxylic acids is 2. The molecule has 11 nitrogen and oxygen atoms in total. The van der Waals surface area contributed by atoms with Gasteiger partial charge in [0.2, 0.25) is 5.95 Å². The highest BCUT2D eigenvalue weighted by Crippen LogP contribution is 2.30. The second-order valence-corrected chi connectivity index (χ2v) is 7.96. The maximum Gasteiger partial charge on any atom is 0.341 e. The number of nitrogens with zero attached hydrogens (tertiary/aromatic N) is 8. The molecule has 12 heteroatoms. The molecule has 3 aromatic rings. The lowest BCUT2D eigenvalue weighted by molar-refractivity contribution is 0.1000. The topological polar surface area (TPSA) is 126 Å². The molecule has 2 aliphatic heterocycles. The van der Waals surface area contributed by atoms with Gasteiger partial charge >= 0.3 is 6.03 Å². The van der Waals surface area contributed by atoms with Crippen LogP contribution in [0.25, 0.3) is 5.82 Å². The molecular weight excluding hydrogens is 441 g/mol. The van der Waals surface area contributed by atoms with Crippen LogP contribution in [-0.2, 0) is 0 Å². The van der Waals surface area contributed by atoms with Crippen molar-refractivity contribution in [2.75, 3.05) is 31.1 Å². The van der Waals surface area contributed by atoms with Crippen molar-refractivity contribution < 1.29 is 14.0 Å². The van der Waals surface area contributed by atoms with Crippen molar-refractivity contribution in [3.8, 4) is 5.82 Å². The standard InChI is InChI=1S/C22H22FN9O2/c23-17-3-1-2-15(12-17)18-4-7-26-32(18)22(34)30-10-8-29(9-11-30)21-25-6-5-19(28-21)31-14-16(13-27-31)20(24)33/h1-3,5-7,12-14,18H,4,8-11H2,(H2,24,33)/t18-/m0/s1. The summed E-state index contributed by atoms with van der Waals surface area (Å²) in [5.41, 5.74) is 6.29. The van der Waals surface area contributed by atoms with Crippen molar-refractivity contribution in [3.05, 3.63) is 65.9 Å². The number of rotatable bonds is 4. The number of hydrazone groups is 1. The number of halogens is 1. The molecule has 3 amide bonds. The monoisotopic (exact) mass is 463 g/mol. The molecule has 0 radical (unpaired) electrons. The van der Waals surface area contributed by atoms with Gasteiger partial charge < -0.3 is 15.5 Å². The summed E-state index contributed by atoms with van der Waals surface area (Å²) in [6.45, 7) is 1.98. The van der Waals surface area contributed by atoms with Gasteiger partial charge in [0.05, 0.1) is 17.8 Å². The fourth-order valence-corrected chi connectivity index (χ4v) is 4.03. The number of primary amides is 1. The van der Waals surface area contributed by atoms with E-state index in [9.17, 15) is 14.0 Å². The van der Waals surface area contributed by atoms with Crippen LogP contribution in [0.1, 0.15) is 28.4 Å². The lowest BCUT2D eigenvalue weighted by Crippen LogP contribution is -2.52. The first kappa shape index (κ1) is 21.5. The Bertz CT molecular complexity index is 1250.